The van der Waals surface area contributed by atoms with Crippen molar-refractivity contribution in [1.29, 1.82) is 0 Å². The number of benzene rings is 2. The van der Waals surface area contributed by atoms with Crippen molar-refractivity contribution in [3.8, 4) is 0 Å². The Hall–Kier alpha value is -3.68. The number of anilines is 1. The van der Waals surface area contributed by atoms with Gasteiger partial charge in [0.1, 0.15) is 0 Å². The topological polar surface area (TPSA) is 113 Å². The van der Waals surface area contributed by atoms with Crippen LogP contribution in [0.3, 0.4) is 0 Å². The third-order valence-corrected chi connectivity index (χ3v) is 6.53. The second-order valence-electron chi connectivity index (χ2n) is 9.56. The predicted octanol–water partition coefficient (Wildman–Crippen LogP) is 6.13. The quantitative estimate of drug-likeness (QED) is 0.142. The van der Waals surface area contributed by atoms with Gasteiger partial charge in [-0.2, -0.15) is 0 Å². The standard InChI is InChI=1S/C31H42N2O6/c1-3-5-6-7-8-9-10-11-12-15-22-32-28(34)24-18-20-26(21-19-24)33(29(35)31(38)39-4-2)23-25-16-13-14-17-27(25)30(36)37/h13-14,16-21H,3-12,15,22-23H2,1-2H3,(H,32,34)(H,36,37). The van der Waals surface area contributed by atoms with Crippen LogP contribution in [0.25, 0.3) is 0 Å². The van der Waals surface area contributed by atoms with Crippen LogP contribution in [-0.2, 0) is 20.9 Å². The van der Waals surface area contributed by atoms with Crippen molar-refractivity contribution in [2.24, 2.45) is 0 Å². The average molecular weight is 539 g/mol. The van der Waals surface area contributed by atoms with Crippen molar-refractivity contribution in [2.75, 3.05) is 18.1 Å². The van der Waals surface area contributed by atoms with Gasteiger partial charge in [0.15, 0.2) is 0 Å². The highest BCUT2D eigenvalue weighted by molar-refractivity contribution is 6.38. The van der Waals surface area contributed by atoms with E-state index >= 15 is 0 Å². The number of carbonyl (C=O) groups excluding carboxylic acids is 3. The zero-order valence-corrected chi connectivity index (χ0v) is 23.2. The molecule has 39 heavy (non-hydrogen) atoms. The second-order valence-corrected chi connectivity index (χ2v) is 9.56. The van der Waals surface area contributed by atoms with Gasteiger partial charge in [-0.1, -0.05) is 82.9 Å². The van der Waals surface area contributed by atoms with Gasteiger partial charge in [-0.15, -0.1) is 0 Å². The number of esters is 1. The van der Waals surface area contributed by atoms with E-state index in [1.807, 2.05) is 0 Å². The molecule has 2 rings (SSSR count). The molecule has 0 bridgehead atoms. The number of nitrogens with zero attached hydrogens (tertiary/aromatic N) is 1. The molecule has 2 N–H and O–H groups in total. The molecule has 0 saturated carbocycles. The summed E-state index contributed by atoms with van der Waals surface area (Å²) in [6.07, 6.45) is 12.3. The van der Waals surface area contributed by atoms with E-state index in [1.165, 1.54) is 57.4 Å². The molecule has 0 unspecified atom stereocenters. The van der Waals surface area contributed by atoms with Crippen LogP contribution >= 0.6 is 0 Å². The van der Waals surface area contributed by atoms with Gasteiger partial charge in [-0.25, -0.2) is 9.59 Å². The van der Waals surface area contributed by atoms with Crippen molar-refractivity contribution >= 4 is 29.4 Å². The van der Waals surface area contributed by atoms with Gasteiger partial charge < -0.3 is 15.2 Å². The van der Waals surface area contributed by atoms with E-state index in [0.717, 1.165) is 17.7 Å². The lowest BCUT2D eigenvalue weighted by atomic mass is 10.1. The normalized spacial score (nSPS) is 10.6. The molecule has 0 saturated heterocycles. The number of unbranched alkanes of at least 4 members (excludes halogenated alkanes) is 9. The fourth-order valence-electron chi connectivity index (χ4n) is 4.33. The molecule has 2 aromatic rings. The molecule has 0 aliphatic rings. The van der Waals surface area contributed by atoms with Gasteiger partial charge in [0.2, 0.25) is 0 Å². The summed E-state index contributed by atoms with van der Waals surface area (Å²) in [5.41, 5.74) is 1.17. The van der Waals surface area contributed by atoms with Crippen molar-refractivity contribution in [1.82, 2.24) is 5.32 Å². The third kappa shape index (κ3) is 10.9. The Morgan fingerprint density at radius 3 is 1.97 bits per heavy atom. The number of ether oxygens (including phenoxy) is 1. The maximum Gasteiger partial charge on any atom is 0.397 e. The Morgan fingerprint density at radius 1 is 0.795 bits per heavy atom. The van der Waals surface area contributed by atoms with Gasteiger partial charge in [0.25, 0.3) is 5.91 Å². The minimum Gasteiger partial charge on any atom is -0.478 e. The van der Waals surface area contributed by atoms with Crippen molar-refractivity contribution < 1.29 is 29.0 Å². The maximum atomic E-state index is 12.9. The van der Waals surface area contributed by atoms with Crippen molar-refractivity contribution in [3.63, 3.8) is 0 Å². The number of carboxylic acids is 1. The van der Waals surface area contributed by atoms with E-state index in [2.05, 4.69) is 12.2 Å². The summed E-state index contributed by atoms with van der Waals surface area (Å²) in [5, 5.41) is 12.4. The Kier molecular flexibility index (Phi) is 14.4. The molecule has 2 aromatic carbocycles. The lowest BCUT2D eigenvalue weighted by Gasteiger charge is -2.23. The minimum absolute atomic E-state index is 0.0298. The SMILES string of the molecule is CCCCCCCCCCCCNC(=O)c1ccc(N(Cc2ccccc2C(=O)O)C(=O)C(=O)OCC)cc1. The molecule has 0 aromatic heterocycles. The number of nitrogens with one attached hydrogen (secondary N) is 1. The van der Waals surface area contributed by atoms with E-state index in [-0.39, 0.29) is 24.6 Å². The molecule has 2 amide bonds. The highest BCUT2D eigenvalue weighted by Gasteiger charge is 2.26. The van der Waals surface area contributed by atoms with E-state index in [1.54, 1.807) is 49.4 Å². The number of aromatic carboxylic acids is 1. The Morgan fingerprint density at radius 2 is 1.38 bits per heavy atom. The molecule has 0 radical (unpaired) electrons. The first-order valence-corrected chi connectivity index (χ1v) is 14.1. The molecule has 0 fully saturated rings. The van der Waals surface area contributed by atoms with Crippen LogP contribution in [0.1, 0.15) is 104 Å². The van der Waals surface area contributed by atoms with Gasteiger partial charge in [0, 0.05) is 17.8 Å². The Bertz CT molecular complexity index is 1070. The minimum atomic E-state index is -1.14. The zero-order valence-electron chi connectivity index (χ0n) is 23.2. The van der Waals surface area contributed by atoms with Crippen LogP contribution in [0.4, 0.5) is 5.69 Å². The second kappa shape index (κ2) is 17.8. The van der Waals surface area contributed by atoms with E-state index < -0.39 is 17.8 Å². The van der Waals surface area contributed by atoms with Crippen LogP contribution in [0, 0.1) is 0 Å². The largest absolute Gasteiger partial charge is 0.478 e. The number of hydrogen-bond acceptors (Lipinski definition) is 5. The molecule has 0 heterocycles. The summed E-state index contributed by atoms with van der Waals surface area (Å²) in [5.74, 6) is -3.31. The summed E-state index contributed by atoms with van der Waals surface area (Å²) < 4.78 is 4.88. The maximum absolute atomic E-state index is 12.9. The molecular weight excluding hydrogens is 496 g/mol. The van der Waals surface area contributed by atoms with Crippen LogP contribution in [0.15, 0.2) is 48.5 Å². The van der Waals surface area contributed by atoms with Gasteiger partial charge in [-0.3, -0.25) is 14.5 Å². The number of hydrogen-bond donors (Lipinski definition) is 2. The average Bonchev–Trinajstić information content (AvgIpc) is 2.94. The summed E-state index contributed by atoms with van der Waals surface area (Å²) in [6.45, 7) is 4.30. The predicted molar refractivity (Wildman–Crippen MR) is 152 cm³/mol. The fourth-order valence-corrected chi connectivity index (χ4v) is 4.33. The smallest absolute Gasteiger partial charge is 0.397 e. The summed E-state index contributed by atoms with van der Waals surface area (Å²) in [4.78, 5) is 50.5. The summed E-state index contributed by atoms with van der Waals surface area (Å²) in [6, 6.07) is 12.6. The third-order valence-electron chi connectivity index (χ3n) is 6.53. The van der Waals surface area contributed by atoms with Crippen LogP contribution < -0.4 is 10.2 Å². The Balaban J connectivity index is 1.94. The fraction of sp³-hybridized carbons (Fsp3) is 0.484. The van der Waals surface area contributed by atoms with E-state index in [9.17, 15) is 24.3 Å². The molecule has 0 aliphatic heterocycles. The van der Waals surface area contributed by atoms with Gasteiger partial charge in [-0.05, 0) is 49.2 Å². The first-order valence-electron chi connectivity index (χ1n) is 14.1. The van der Waals surface area contributed by atoms with Crippen LogP contribution in [0.5, 0.6) is 0 Å². The van der Waals surface area contributed by atoms with Crippen LogP contribution in [-0.4, -0.2) is 42.0 Å². The van der Waals surface area contributed by atoms with Gasteiger partial charge >= 0.3 is 17.8 Å². The highest BCUT2D eigenvalue weighted by Crippen LogP contribution is 2.21. The molecule has 0 atom stereocenters. The molecule has 8 heteroatoms. The number of amides is 2. The first kappa shape index (κ1) is 31.5. The lowest BCUT2D eigenvalue weighted by Crippen LogP contribution is -2.37. The van der Waals surface area contributed by atoms with Gasteiger partial charge in [0.05, 0.1) is 18.7 Å². The number of carbonyl (C=O) groups is 4. The molecule has 0 aliphatic carbocycles. The van der Waals surface area contributed by atoms with Crippen LogP contribution in [0.2, 0.25) is 0 Å². The van der Waals surface area contributed by atoms with E-state index in [4.69, 9.17) is 4.74 Å². The van der Waals surface area contributed by atoms with E-state index in [0.29, 0.717) is 23.4 Å². The molecule has 0 spiro atoms. The zero-order chi connectivity index (χ0) is 28.5. The highest BCUT2D eigenvalue weighted by atomic mass is 16.5. The molecular formula is C31H42N2O6. The number of rotatable bonds is 17. The lowest BCUT2D eigenvalue weighted by molar-refractivity contribution is -0.153. The summed E-state index contributed by atoms with van der Waals surface area (Å²) in [7, 11) is 0. The molecule has 212 valence electrons. The number of carboxylic acid groups (broad SMARTS) is 1. The monoisotopic (exact) mass is 538 g/mol. The molecule has 8 nitrogen and oxygen atoms in total. The Labute approximate surface area is 231 Å². The van der Waals surface area contributed by atoms with Crippen molar-refractivity contribution in [2.45, 2.75) is 84.6 Å². The summed E-state index contributed by atoms with van der Waals surface area (Å²) >= 11 is 0. The first-order chi connectivity index (χ1) is 18.9. The van der Waals surface area contributed by atoms with Crippen molar-refractivity contribution in [3.05, 3.63) is 65.2 Å².